The number of aromatic nitrogens is 4. The maximum absolute atomic E-state index is 10.9. The van der Waals surface area contributed by atoms with Gasteiger partial charge in [-0.05, 0) is 64.9 Å². The number of rotatable bonds is 11. The van der Waals surface area contributed by atoms with Gasteiger partial charge in [-0.1, -0.05) is 12.8 Å². The zero-order valence-corrected chi connectivity index (χ0v) is 25.0. The second kappa shape index (κ2) is 11.7. The summed E-state index contributed by atoms with van der Waals surface area (Å²) in [5.74, 6) is 1.67. The third-order valence-electron chi connectivity index (χ3n) is 8.87. The first-order valence-corrected chi connectivity index (χ1v) is 15.8. The first-order chi connectivity index (χ1) is 19.7. The monoisotopic (exact) mass is 582 g/mol. The summed E-state index contributed by atoms with van der Waals surface area (Å²) in [4.78, 5) is 19.3. The maximum Gasteiger partial charge on any atom is 0.224 e. The third-order valence-corrected chi connectivity index (χ3v) is 9.91. The highest BCUT2D eigenvalue weighted by Gasteiger charge is 2.48. The quantitative estimate of drug-likeness (QED) is 0.208. The molecular formula is C30H42N6O4S. The molecule has 3 aliphatic rings. The highest BCUT2D eigenvalue weighted by atomic mass is 32.1. The van der Waals surface area contributed by atoms with Crippen LogP contribution in [0, 0.1) is 18.8 Å². The number of pyridine rings is 1. The lowest BCUT2D eigenvalue weighted by Crippen LogP contribution is -2.40. The van der Waals surface area contributed by atoms with Crippen molar-refractivity contribution < 1.29 is 20.1 Å². The summed E-state index contributed by atoms with van der Waals surface area (Å²) in [5.41, 5.74) is 2.37. The SMILES string of the molecule is Cc1nc(NCCOCC2CCCC2)nc(N[C@@H]2C[C@H](C(C)(C)O)[C@@H](O)[C@H]2O)c1-c1nc2c(C3CC3)nccc2s1. The van der Waals surface area contributed by atoms with Gasteiger partial charge < -0.3 is 30.7 Å². The molecule has 3 fully saturated rings. The predicted octanol–water partition coefficient (Wildman–Crippen LogP) is 4.25. The van der Waals surface area contributed by atoms with E-state index in [4.69, 9.17) is 19.7 Å². The lowest BCUT2D eigenvalue weighted by Gasteiger charge is -2.28. The number of hydrogen-bond acceptors (Lipinski definition) is 11. The van der Waals surface area contributed by atoms with E-state index in [9.17, 15) is 15.3 Å². The topological polar surface area (TPSA) is 146 Å². The molecule has 3 saturated carbocycles. The molecule has 222 valence electrons. The van der Waals surface area contributed by atoms with Crippen molar-refractivity contribution in [2.75, 3.05) is 30.4 Å². The minimum absolute atomic E-state index is 0.391. The van der Waals surface area contributed by atoms with E-state index >= 15 is 0 Å². The van der Waals surface area contributed by atoms with Gasteiger partial charge in [0.25, 0.3) is 0 Å². The molecule has 11 heteroatoms. The van der Waals surface area contributed by atoms with Crippen LogP contribution in [0.3, 0.4) is 0 Å². The molecule has 4 atom stereocenters. The molecule has 3 aromatic rings. The van der Waals surface area contributed by atoms with Crippen molar-refractivity contribution in [3.63, 3.8) is 0 Å². The Morgan fingerprint density at radius 3 is 2.56 bits per heavy atom. The largest absolute Gasteiger partial charge is 0.390 e. The highest BCUT2D eigenvalue weighted by Crippen LogP contribution is 2.45. The van der Waals surface area contributed by atoms with E-state index in [1.165, 1.54) is 25.7 Å². The summed E-state index contributed by atoms with van der Waals surface area (Å²) in [6.07, 6.45) is 7.54. The predicted molar refractivity (Wildman–Crippen MR) is 160 cm³/mol. The Morgan fingerprint density at radius 2 is 1.85 bits per heavy atom. The van der Waals surface area contributed by atoms with Crippen molar-refractivity contribution in [3.05, 3.63) is 23.7 Å². The fourth-order valence-electron chi connectivity index (χ4n) is 6.37. The molecule has 0 bridgehead atoms. The average Bonchev–Trinajstić information content (AvgIpc) is 3.32. The van der Waals surface area contributed by atoms with Crippen molar-refractivity contribution in [2.24, 2.45) is 11.8 Å². The van der Waals surface area contributed by atoms with E-state index in [1.54, 1.807) is 25.2 Å². The van der Waals surface area contributed by atoms with E-state index in [-0.39, 0.29) is 0 Å². The number of fused-ring (bicyclic) bond motifs is 1. The number of hydrogen-bond donors (Lipinski definition) is 5. The molecule has 10 nitrogen and oxygen atoms in total. The van der Waals surface area contributed by atoms with Crippen molar-refractivity contribution in [1.29, 1.82) is 0 Å². The van der Waals surface area contributed by atoms with Crippen molar-refractivity contribution >= 4 is 33.3 Å². The van der Waals surface area contributed by atoms with Crippen LogP contribution in [0.25, 0.3) is 20.8 Å². The van der Waals surface area contributed by atoms with Gasteiger partial charge in [0.05, 0.1) is 46.0 Å². The molecule has 0 amide bonds. The van der Waals surface area contributed by atoms with Gasteiger partial charge >= 0.3 is 0 Å². The summed E-state index contributed by atoms with van der Waals surface area (Å²) in [6.45, 7) is 7.22. The van der Waals surface area contributed by atoms with Crippen LogP contribution in [0.5, 0.6) is 0 Å². The van der Waals surface area contributed by atoms with Gasteiger partial charge in [-0.2, -0.15) is 4.98 Å². The molecule has 0 aliphatic heterocycles. The van der Waals surface area contributed by atoms with E-state index in [2.05, 4.69) is 15.6 Å². The van der Waals surface area contributed by atoms with E-state index in [0.29, 0.717) is 43.2 Å². The molecule has 3 heterocycles. The van der Waals surface area contributed by atoms with Crippen LogP contribution >= 0.6 is 11.3 Å². The maximum atomic E-state index is 10.9. The minimum Gasteiger partial charge on any atom is -0.390 e. The number of aryl methyl sites for hydroxylation is 1. The molecule has 3 aliphatic carbocycles. The summed E-state index contributed by atoms with van der Waals surface area (Å²) in [7, 11) is 0. The highest BCUT2D eigenvalue weighted by molar-refractivity contribution is 7.21. The van der Waals surface area contributed by atoms with Gasteiger partial charge in [-0.15, -0.1) is 11.3 Å². The molecule has 0 radical (unpaired) electrons. The molecule has 6 rings (SSSR count). The van der Waals surface area contributed by atoms with Crippen LogP contribution in [0.4, 0.5) is 11.8 Å². The molecule has 41 heavy (non-hydrogen) atoms. The average molecular weight is 583 g/mol. The van der Waals surface area contributed by atoms with Crippen LogP contribution in [0.1, 0.15) is 76.1 Å². The smallest absolute Gasteiger partial charge is 0.224 e. The lowest BCUT2D eigenvalue weighted by atomic mass is 9.88. The number of nitrogens with zero attached hydrogens (tertiary/aromatic N) is 4. The molecule has 0 aromatic carbocycles. The van der Waals surface area contributed by atoms with Gasteiger partial charge in [0.1, 0.15) is 22.4 Å². The zero-order chi connectivity index (χ0) is 28.7. The first-order valence-electron chi connectivity index (χ1n) is 15.0. The van der Waals surface area contributed by atoms with Crippen LogP contribution in [-0.2, 0) is 4.74 Å². The first kappa shape index (κ1) is 28.7. The number of thiazole rings is 1. The molecular weight excluding hydrogens is 540 g/mol. The van der Waals surface area contributed by atoms with E-state index < -0.39 is 29.8 Å². The number of anilines is 2. The van der Waals surface area contributed by atoms with Gasteiger partial charge in [0, 0.05) is 31.2 Å². The van der Waals surface area contributed by atoms with Gasteiger partial charge in [-0.25, -0.2) is 9.97 Å². The minimum atomic E-state index is -1.13. The summed E-state index contributed by atoms with van der Waals surface area (Å²) < 4.78 is 6.98. The number of aliphatic hydroxyl groups excluding tert-OH is 2. The second-order valence-corrected chi connectivity index (χ2v) is 13.6. The number of ether oxygens (including phenoxy) is 1. The number of nitrogens with one attached hydrogen (secondary N) is 2. The van der Waals surface area contributed by atoms with Crippen molar-refractivity contribution in [2.45, 2.75) is 95.5 Å². The lowest BCUT2D eigenvalue weighted by molar-refractivity contribution is -0.0601. The number of aliphatic hydroxyl groups is 3. The van der Waals surface area contributed by atoms with Crippen LogP contribution in [-0.4, -0.2) is 78.9 Å². The van der Waals surface area contributed by atoms with Crippen LogP contribution in [0.15, 0.2) is 12.3 Å². The fourth-order valence-corrected chi connectivity index (χ4v) is 7.43. The van der Waals surface area contributed by atoms with Crippen LogP contribution < -0.4 is 10.6 Å². The Bertz CT molecular complexity index is 1370. The molecule has 0 unspecified atom stereocenters. The van der Waals surface area contributed by atoms with Crippen molar-refractivity contribution in [1.82, 2.24) is 19.9 Å². The molecule has 5 N–H and O–H groups in total. The molecule has 0 saturated heterocycles. The Kier molecular flexibility index (Phi) is 8.17. The molecule has 0 spiro atoms. The van der Waals surface area contributed by atoms with E-state index in [0.717, 1.165) is 51.6 Å². The zero-order valence-electron chi connectivity index (χ0n) is 24.1. The Labute approximate surface area is 245 Å². The third kappa shape index (κ3) is 6.19. The van der Waals surface area contributed by atoms with E-state index in [1.807, 2.05) is 19.2 Å². The standard InChI is InChI=1S/C30H42N6O4S/c1-16-22(28-35-24-21(41-28)10-11-31-23(24)18-8-9-18)27(34-20-14-19(30(2,3)39)25(37)26(20)38)36-29(33-16)32-12-13-40-15-17-6-4-5-7-17/h10-11,17-20,25-26,37-39H,4-9,12-15H2,1-3H3,(H2,32,33,34,36)/t19-,20+,25+,26-/m0/s1. The summed E-state index contributed by atoms with van der Waals surface area (Å²) in [6, 6.07) is 1.49. The normalized spacial score (nSPS) is 25.3. The van der Waals surface area contributed by atoms with Gasteiger partial charge in [0.15, 0.2) is 0 Å². The van der Waals surface area contributed by atoms with Crippen LogP contribution in [0.2, 0.25) is 0 Å². The Morgan fingerprint density at radius 1 is 1.07 bits per heavy atom. The molecule has 3 aromatic heterocycles. The second-order valence-electron chi connectivity index (χ2n) is 12.6. The summed E-state index contributed by atoms with van der Waals surface area (Å²) >= 11 is 1.58. The fraction of sp³-hybridized carbons (Fsp3) is 0.667. The van der Waals surface area contributed by atoms with Crippen molar-refractivity contribution in [3.8, 4) is 10.6 Å². The summed E-state index contributed by atoms with van der Waals surface area (Å²) in [5, 5.41) is 39.8. The van der Waals surface area contributed by atoms with Gasteiger partial charge in [-0.3, -0.25) is 4.98 Å². The Balaban J connectivity index is 1.27. The Hall–Kier alpha value is -2.44. The van der Waals surface area contributed by atoms with Gasteiger partial charge in [0.2, 0.25) is 5.95 Å².